The highest BCUT2D eigenvalue weighted by Gasteiger charge is 2.20. The van der Waals surface area contributed by atoms with E-state index in [-0.39, 0.29) is 6.42 Å². The van der Waals surface area contributed by atoms with Gasteiger partial charge in [0.15, 0.2) is 0 Å². The fraction of sp³-hybridized carbons (Fsp3) is 0.375. The van der Waals surface area contributed by atoms with E-state index in [2.05, 4.69) is 5.92 Å². The van der Waals surface area contributed by atoms with E-state index in [1.807, 2.05) is 0 Å². The van der Waals surface area contributed by atoms with Gasteiger partial charge in [-0.2, -0.15) is 0 Å². The molecule has 0 fully saturated rings. The lowest BCUT2D eigenvalue weighted by molar-refractivity contribution is -0.143. The van der Waals surface area contributed by atoms with Gasteiger partial charge in [0.2, 0.25) is 5.91 Å². The SMILES string of the molecule is C#CCC(CC(=O)NC(=O)O)C(=O)O. The number of hydrogen-bond acceptors (Lipinski definition) is 3. The molecule has 0 saturated heterocycles. The molecule has 6 nitrogen and oxygen atoms in total. The minimum absolute atomic E-state index is 0.109. The van der Waals surface area contributed by atoms with Crippen LogP contribution in [0.5, 0.6) is 0 Å². The number of aliphatic carboxylic acids is 1. The number of carboxylic acids is 1. The molecule has 0 aliphatic heterocycles. The van der Waals surface area contributed by atoms with E-state index in [1.165, 1.54) is 5.32 Å². The third-order valence-electron chi connectivity index (χ3n) is 1.39. The number of carbonyl (C=O) groups excluding carboxylic acids is 1. The summed E-state index contributed by atoms with van der Waals surface area (Å²) in [7, 11) is 0. The van der Waals surface area contributed by atoms with Crippen LogP contribution >= 0.6 is 0 Å². The Morgan fingerprint density at radius 3 is 2.29 bits per heavy atom. The summed E-state index contributed by atoms with van der Waals surface area (Å²) in [6.45, 7) is 0. The molecule has 0 radical (unpaired) electrons. The Labute approximate surface area is 79.9 Å². The van der Waals surface area contributed by atoms with Crippen molar-refractivity contribution in [1.29, 1.82) is 0 Å². The van der Waals surface area contributed by atoms with Gasteiger partial charge in [-0.05, 0) is 0 Å². The standard InChI is InChI=1S/C8H9NO5/c1-2-3-5(7(11)12)4-6(10)9-8(13)14/h1,5H,3-4H2,(H,9,10)(H,11,12)(H,13,14). The lowest BCUT2D eigenvalue weighted by Gasteiger charge is -2.06. The van der Waals surface area contributed by atoms with E-state index in [1.54, 1.807) is 0 Å². The van der Waals surface area contributed by atoms with Gasteiger partial charge < -0.3 is 10.2 Å². The fourth-order valence-electron chi connectivity index (χ4n) is 0.783. The molecule has 76 valence electrons. The summed E-state index contributed by atoms with van der Waals surface area (Å²) < 4.78 is 0. The number of carboxylic acid groups (broad SMARTS) is 2. The van der Waals surface area contributed by atoms with Crippen molar-refractivity contribution in [3.05, 3.63) is 0 Å². The van der Waals surface area contributed by atoms with Gasteiger partial charge in [-0.3, -0.25) is 14.9 Å². The average molecular weight is 199 g/mol. The number of rotatable bonds is 4. The van der Waals surface area contributed by atoms with Gasteiger partial charge in [-0.15, -0.1) is 12.3 Å². The van der Waals surface area contributed by atoms with E-state index < -0.39 is 30.3 Å². The van der Waals surface area contributed by atoms with E-state index in [9.17, 15) is 14.4 Å². The second kappa shape index (κ2) is 5.59. The zero-order valence-electron chi connectivity index (χ0n) is 7.19. The molecule has 0 aromatic heterocycles. The first kappa shape index (κ1) is 12.0. The van der Waals surface area contributed by atoms with E-state index in [4.69, 9.17) is 16.6 Å². The summed E-state index contributed by atoms with van der Waals surface area (Å²) >= 11 is 0. The predicted molar refractivity (Wildman–Crippen MR) is 45.4 cm³/mol. The smallest absolute Gasteiger partial charge is 0.411 e. The predicted octanol–water partition coefficient (Wildman–Crippen LogP) is -0.105. The van der Waals surface area contributed by atoms with Crippen molar-refractivity contribution in [2.75, 3.05) is 0 Å². The number of amides is 2. The van der Waals surface area contributed by atoms with E-state index in [0.717, 1.165) is 0 Å². The van der Waals surface area contributed by atoms with Gasteiger partial charge in [-0.1, -0.05) is 0 Å². The van der Waals surface area contributed by atoms with Crippen molar-refractivity contribution in [2.24, 2.45) is 5.92 Å². The molecule has 0 aromatic rings. The van der Waals surface area contributed by atoms with Gasteiger partial charge in [0.25, 0.3) is 0 Å². The molecule has 0 rings (SSSR count). The summed E-state index contributed by atoms with van der Waals surface area (Å²) in [5.41, 5.74) is 0. The van der Waals surface area contributed by atoms with Gasteiger partial charge in [0.05, 0.1) is 5.92 Å². The quantitative estimate of drug-likeness (QED) is 0.548. The zero-order valence-corrected chi connectivity index (χ0v) is 7.19. The molecule has 14 heavy (non-hydrogen) atoms. The summed E-state index contributed by atoms with van der Waals surface area (Å²) in [6.07, 6.45) is 2.82. The first-order chi connectivity index (χ1) is 6.47. The highest BCUT2D eigenvalue weighted by molar-refractivity contribution is 5.92. The fourth-order valence-corrected chi connectivity index (χ4v) is 0.783. The summed E-state index contributed by atoms with van der Waals surface area (Å²) in [5.74, 6) is -1.04. The lowest BCUT2D eigenvalue weighted by atomic mass is 10.0. The van der Waals surface area contributed by atoms with Crippen molar-refractivity contribution in [3.8, 4) is 12.3 Å². The molecule has 0 aromatic carbocycles. The zero-order chi connectivity index (χ0) is 11.1. The Morgan fingerprint density at radius 1 is 1.36 bits per heavy atom. The molecule has 0 saturated carbocycles. The highest BCUT2D eigenvalue weighted by Crippen LogP contribution is 2.07. The Hall–Kier alpha value is -2.03. The molecule has 2 amide bonds. The average Bonchev–Trinajstić information content (AvgIpc) is 2.01. The van der Waals surface area contributed by atoms with Crippen LogP contribution in [0.25, 0.3) is 0 Å². The molecular weight excluding hydrogens is 190 g/mol. The van der Waals surface area contributed by atoms with Crippen molar-refractivity contribution in [2.45, 2.75) is 12.8 Å². The van der Waals surface area contributed by atoms with Crippen LogP contribution in [-0.2, 0) is 9.59 Å². The Bertz CT molecular complexity index is 291. The summed E-state index contributed by atoms with van der Waals surface area (Å²) in [4.78, 5) is 31.3. The molecule has 0 aliphatic carbocycles. The summed E-state index contributed by atoms with van der Waals surface area (Å²) in [6, 6.07) is 0. The van der Waals surface area contributed by atoms with Crippen molar-refractivity contribution in [3.63, 3.8) is 0 Å². The van der Waals surface area contributed by atoms with Crippen LogP contribution in [0.1, 0.15) is 12.8 Å². The number of terminal acetylenes is 1. The Morgan fingerprint density at radius 2 is 1.93 bits per heavy atom. The van der Waals surface area contributed by atoms with Gasteiger partial charge in [0.1, 0.15) is 0 Å². The number of hydrogen-bond donors (Lipinski definition) is 3. The Balaban J connectivity index is 4.17. The molecule has 1 unspecified atom stereocenters. The molecular formula is C8H9NO5. The first-order valence-corrected chi connectivity index (χ1v) is 3.66. The van der Waals surface area contributed by atoms with Gasteiger partial charge in [-0.25, -0.2) is 4.79 Å². The van der Waals surface area contributed by atoms with Crippen LogP contribution in [0.4, 0.5) is 4.79 Å². The van der Waals surface area contributed by atoms with Crippen LogP contribution < -0.4 is 5.32 Å². The second-order valence-electron chi connectivity index (χ2n) is 2.50. The molecule has 0 aliphatic rings. The largest absolute Gasteiger partial charge is 0.481 e. The minimum atomic E-state index is -1.51. The molecule has 0 spiro atoms. The number of imide groups is 1. The van der Waals surface area contributed by atoms with Gasteiger partial charge >= 0.3 is 12.1 Å². The first-order valence-electron chi connectivity index (χ1n) is 3.66. The minimum Gasteiger partial charge on any atom is -0.481 e. The Kier molecular flexibility index (Phi) is 4.78. The van der Waals surface area contributed by atoms with E-state index >= 15 is 0 Å². The van der Waals surface area contributed by atoms with E-state index in [0.29, 0.717) is 0 Å². The van der Waals surface area contributed by atoms with Crippen LogP contribution in [0.3, 0.4) is 0 Å². The number of nitrogens with one attached hydrogen (secondary N) is 1. The molecule has 0 heterocycles. The van der Waals surface area contributed by atoms with Crippen LogP contribution in [0, 0.1) is 18.3 Å². The maximum Gasteiger partial charge on any atom is 0.411 e. The summed E-state index contributed by atoms with van der Waals surface area (Å²) in [5, 5.41) is 18.2. The third-order valence-corrected chi connectivity index (χ3v) is 1.39. The van der Waals surface area contributed by atoms with Crippen molar-refractivity contribution < 1.29 is 24.6 Å². The molecule has 3 N–H and O–H groups in total. The van der Waals surface area contributed by atoms with Crippen LogP contribution in [-0.4, -0.2) is 28.2 Å². The second-order valence-corrected chi connectivity index (χ2v) is 2.50. The number of carbonyl (C=O) groups is 3. The molecule has 0 bridgehead atoms. The van der Waals surface area contributed by atoms with Crippen LogP contribution in [0.15, 0.2) is 0 Å². The third kappa shape index (κ3) is 4.77. The monoisotopic (exact) mass is 199 g/mol. The normalized spacial score (nSPS) is 11.1. The van der Waals surface area contributed by atoms with Crippen LogP contribution in [0.2, 0.25) is 0 Å². The highest BCUT2D eigenvalue weighted by atomic mass is 16.4. The molecule has 6 heteroatoms. The van der Waals surface area contributed by atoms with Gasteiger partial charge in [0, 0.05) is 12.8 Å². The topological polar surface area (TPSA) is 104 Å². The lowest BCUT2D eigenvalue weighted by Crippen LogP contribution is -2.31. The van der Waals surface area contributed by atoms with Crippen molar-refractivity contribution >= 4 is 18.0 Å². The van der Waals surface area contributed by atoms with Crippen molar-refractivity contribution in [1.82, 2.24) is 5.32 Å². The molecule has 1 atom stereocenters. The maximum absolute atomic E-state index is 10.8. The maximum atomic E-state index is 10.8.